The molecule has 0 saturated heterocycles. The normalized spacial score (nSPS) is 12.2. The molecule has 16 heavy (non-hydrogen) atoms. The van der Waals surface area contributed by atoms with E-state index in [2.05, 4.69) is 5.32 Å². The third kappa shape index (κ3) is 4.17. The van der Waals surface area contributed by atoms with Gasteiger partial charge in [0.1, 0.15) is 5.82 Å². The van der Waals surface area contributed by atoms with E-state index in [1.807, 2.05) is 22.6 Å². The van der Waals surface area contributed by atoms with Crippen LogP contribution in [0.4, 0.5) is 4.39 Å². The second-order valence-electron chi connectivity index (χ2n) is 3.16. The highest BCUT2D eigenvalue weighted by Gasteiger charge is 2.10. The third-order valence-corrected chi connectivity index (χ3v) is 3.57. The van der Waals surface area contributed by atoms with E-state index >= 15 is 0 Å². The number of hydrogen-bond donors (Lipinski definition) is 1. The molecule has 1 aromatic carbocycles. The van der Waals surface area contributed by atoms with Crippen LogP contribution in [0.5, 0.6) is 0 Å². The fourth-order valence-electron chi connectivity index (χ4n) is 1.08. The van der Waals surface area contributed by atoms with E-state index in [9.17, 15) is 13.4 Å². The first-order valence-electron chi connectivity index (χ1n) is 4.54. The van der Waals surface area contributed by atoms with E-state index in [0.29, 0.717) is 21.4 Å². The van der Waals surface area contributed by atoms with Crippen molar-refractivity contribution >= 4 is 39.3 Å². The molecule has 1 N–H and O–H groups in total. The molecule has 0 aliphatic carbocycles. The van der Waals surface area contributed by atoms with Gasteiger partial charge in [0, 0.05) is 32.9 Å². The van der Waals surface area contributed by atoms with E-state index in [1.54, 1.807) is 12.3 Å². The molecular formula is C10H11FINO2S. The Bertz CT molecular complexity index is 425. The first-order valence-corrected chi connectivity index (χ1v) is 7.34. The van der Waals surface area contributed by atoms with E-state index < -0.39 is 16.6 Å². The van der Waals surface area contributed by atoms with E-state index in [0.717, 1.165) is 0 Å². The van der Waals surface area contributed by atoms with Crippen molar-refractivity contribution < 1.29 is 13.4 Å². The fraction of sp³-hybridized carbons (Fsp3) is 0.300. The Morgan fingerprint density at radius 2 is 2.25 bits per heavy atom. The fourth-order valence-corrected chi connectivity index (χ4v) is 2.04. The molecule has 0 bridgehead atoms. The van der Waals surface area contributed by atoms with Crippen LogP contribution in [0, 0.1) is 9.39 Å². The van der Waals surface area contributed by atoms with Gasteiger partial charge < -0.3 is 5.32 Å². The number of nitrogens with one attached hydrogen (secondary N) is 1. The zero-order chi connectivity index (χ0) is 12.1. The predicted octanol–water partition coefficient (Wildman–Crippen LogP) is 1.54. The number of halogens is 2. The highest BCUT2D eigenvalue weighted by molar-refractivity contribution is 14.1. The van der Waals surface area contributed by atoms with Gasteiger partial charge in [-0.2, -0.15) is 0 Å². The second kappa shape index (κ2) is 6.29. The Morgan fingerprint density at radius 1 is 1.56 bits per heavy atom. The predicted molar refractivity (Wildman–Crippen MR) is 70.4 cm³/mol. The summed E-state index contributed by atoms with van der Waals surface area (Å²) in [6, 6.07) is 4.04. The topological polar surface area (TPSA) is 46.2 Å². The molecule has 0 heterocycles. The van der Waals surface area contributed by atoms with Gasteiger partial charge in [-0.3, -0.25) is 9.00 Å². The van der Waals surface area contributed by atoms with Crippen LogP contribution >= 0.6 is 22.6 Å². The van der Waals surface area contributed by atoms with Gasteiger partial charge in [-0.1, -0.05) is 0 Å². The average molecular weight is 355 g/mol. The van der Waals surface area contributed by atoms with Gasteiger partial charge in [-0.15, -0.1) is 0 Å². The molecule has 1 amide bonds. The molecule has 0 fully saturated rings. The molecule has 6 heteroatoms. The molecule has 1 rings (SSSR count). The summed E-state index contributed by atoms with van der Waals surface area (Å²) in [5.74, 6) is -0.378. The highest BCUT2D eigenvalue weighted by Crippen LogP contribution is 2.13. The molecule has 0 aliphatic rings. The maximum Gasteiger partial charge on any atom is 0.252 e. The van der Waals surface area contributed by atoms with Crippen LogP contribution < -0.4 is 5.32 Å². The summed E-state index contributed by atoms with van der Waals surface area (Å²) in [7, 11) is -0.939. The molecule has 0 saturated carbocycles. The summed E-state index contributed by atoms with van der Waals surface area (Å²) in [5, 5.41) is 2.59. The zero-order valence-corrected chi connectivity index (χ0v) is 11.6. The van der Waals surface area contributed by atoms with Crippen LogP contribution in [-0.4, -0.2) is 28.7 Å². The molecule has 0 spiro atoms. The lowest BCUT2D eigenvalue weighted by molar-refractivity contribution is 0.0955. The molecule has 0 aromatic heterocycles. The van der Waals surface area contributed by atoms with Crippen LogP contribution in [0.25, 0.3) is 0 Å². The van der Waals surface area contributed by atoms with Gasteiger partial charge in [0.05, 0.1) is 5.56 Å². The van der Waals surface area contributed by atoms with Gasteiger partial charge in [-0.25, -0.2) is 4.39 Å². The number of benzene rings is 1. The molecule has 1 unspecified atom stereocenters. The lowest BCUT2D eigenvalue weighted by atomic mass is 10.2. The summed E-state index contributed by atoms with van der Waals surface area (Å²) in [6.07, 6.45) is 1.57. The summed E-state index contributed by atoms with van der Waals surface area (Å²) in [6.45, 7) is 0.328. The molecule has 3 nitrogen and oxygen atoms in total. The number of amides is 1. The molecule has 0 aliphatic heterocycles. The molecule has 88 valence electrons. The SMILES string of the molecule is CS(=O)CCNC(=O)c1cc(F)ccc1I. The van der Waals surface area contributed by atoms with Crippen LogP contribution in [0.2, 0.25) is 0 Å². The number of rotatable bonds is 4. The number of hydrogen-bond acceptors (Lipinski definition) is 2. The van der Waals surface area contributed by atoms with E-state index in [4.69, 9.17) is 0 Å². The minimum Gasteiger partial charge on any atom is -0.351 e. The Morgan fingerprint density at radius 3 is 2.88 bits per heavy atom. The Hall–Kier alpha value is -0.500. The quantitative estimate of drug-likeness (QED) is 0.833. The summed E-state index contributed by atoms with van der Waals surface area (Å²) < 4.78 is 24.4. The van der Waals surface area contributed by atoms with Crippen LogP contribution in [0.3, 0.4) is 0 Å². The maximum atomic E-state index is 12.9. The lowest BCUT2D eigenvalue weighted by Gasteiger charge is -2.06. The van der Waals surface area contributed by atoms with Crippen molar-refractivity contribution in [1.29, 1.82) is 0 Å². The van der Waals surface area contributed by atoms with Gasteiger partial charge in [0.25, 0.3) is 5.91 Å². The average Bonchev–Trinajstić information content (AvgIpc) is 2.21. The number of carbonyl (C=O) groups excluding carboxylic acids is 1. The van der Waals surface area contributed by atoms with Crippen molar-refractivity contribution in [2.75, 3.05) is 18.6 Å². The molecule has 0 radical (unpaired) electrons. The summed E-state index contributed by atoms with van der Waals surface area (Å²) in [5.41, 5.74) is 0.308. The summed E-state index contributed by atoms with van der Waals surface area (Å²) in [4.78, 5) is 11.6. The molecule has 1 atom stereocenters. The minimum atomic E-state index is -0.939. The van der Waals surface area contributed by atoms with Crippen LogP contribution in [0.1, 0.15) is 10.4 Å². The Kier molecular flexibility index (Phi) is 5.33. The van der Waals surface area contributed by atoms with Gasteiger partial charge in [-0.05, 0) is 40.8 Å². The molecule has 1 aromatic rings. The van der Waals surface area contributed by atoms with Gasteiger partial charge in [0.15, 0.2) is 0 Å². The van der Waals surface area contributed by atoms with E-state index in [-0.39, 0.29) is 5.91 Å². The largest absolute Gasteiger partial charge is 0.351 e. The first-order chi connectivity index (χ1) is 7.50. The van der Waals surface area contributed by atoms with Crippen molar-refractivity contribution in [3.63, 3.8) is 0 Å². The van der Waals surface area contributed by atoms with Crippen molar-refractivity contribution in [2.45, 2.75) is 0 Å². The lowest BCUT2D eigenvalue weighted by Crippen LogP contribution is -2.28. The third-order valence-electron chi connectivity index (χ3n) is 1.85. The van der Waals surface area contributed by atoms with Gasteiger partial charge in [0.2, 0.25) is 0 Å². The molecular weight excluding hydrogens is 344 g/mol. The Balaban J connectivity index is 2.65. The highest BCUT2D eigenvalue weighted by atomic mass is 127. The monoisotopic (exact) mass is 355 g/mol. The van der Waals surface area contributed by atoms with Crippen molar-refractivity contribution in [1.82, 2.24) is 5.32 Å². The van der Waals surface area contributed by atoms with E-state index in [1.165, 1.54) is 12.1 Å². The van der Waals surface area contributed by atoms with Crippen LogP contribution in [0.15, 0.2) is 18.2 Å². The van der Waals surface area contributed by atoms with Crippen molar-refractivity contribution in [3.8, 4) is 0 Å². The second-order valence-corrected chi connectivity index (χ2v) is 5.87. The minimum absolute atomic E-state index is 0.308. The van der Waals surface area contributed by atoms with Crippen molar-refractivity contribution in [3.05, 3.63) is 33.1 Å². The van der Waals surface area contributed by atoms with Crippen molar-refractivity contribution in [2.24, 2.45) is 0 Å². The number of carbonyl (C=O) groups is 1. The standard InChI is InChI=1S/C10H11FINO2S/c1-16(15)5-4-13-10(14)8-6-7(11)2-3-9(8)12/h2-3,6H,4-5H2,1H3,(H,13,14). The zero-order valence-electron chi connectivity index (χ0n) is 8.63. The summed E-state index contributed by atoms with van der Waals surface area (Å²) >= 11 is 1.97. The Labute approximate surface area is 109 Å². The van der Waals surface area contributed by atoms with Gasteiger partial charge >= 0.3 is 0 Å². The maximum absolute atomic E-state index is 12.9. The smallest absolute Gasteiger partial charge is 0.252 e. The first kappa shape index (κ1) is 13.6. The van der Waals surface area contributed by atoms with Crippen LogP contribution in [-0.2, 0) is 10.8 Å².